The maximum Gasteiger partial charge on any atom is 0.317 e. The summed E-state index contributed by atoms with van der Waals surface area (Å²) in [6.45, 7) is 8.79. The number of nitrogens with zero attached hydrogens (tertiary/aromatic N) is 3. The van der Waals surface area contributed by atoms with Gasteiger partial charge in [-0.2, -0.15) is 0 Å². The molecule has 2 amide bonds. The highest BCUT2D eigenvalue weighted by Crippen LogP contribution is 2.18. The average Bonchev–Trinajstić information content (AvgIpc) is 2.58. The highest BCUT2D eigenvalue weighted by atomic mass is 16.4. The third kappa shape index (κ3) is 5.89. The van der Waals surface area contributed by atoms with Crippen molar-refractivity contribution in [3.8, 4) is 0 Å². The molecule has 26 heavy (non-hydrogen) atoms. The first-order valence-corrected chi connectivity index (χ1v) is 9.36. The van der Waals surface area contributed by atoms with Crippen molar-refractivity contribution in [2.45, 2.75) is 52.5 Å². The summed E-state index contributed by atoms with van der Waals surface area (Å²) in [4.78, 5) is 31.9. The molecule has 0 saturated carbocycles. The van der Waals surface area contributed by atoms with Gasteiger partial charge in [0, 0.05) is 49.3 Å². The second kappa shape index (κ2) is 9.40. The zero-order valence-electron chi connectivity index (χ0n) is 16.0. The first-order valence-electron chi connectivity index (χ1n) is 9.36. The van der Waals surface area contributed by atoms with Crippen LogP contribution in [0.2, 0.25) is 0 Å². The molecule has 7 heteroatoms. The van der Waals surface area contributed by atoms with E-state index in [0.717, 1.165) is 43.0 Å². The molecule has 1 atom stereocenters. The van der Waals surface area contributed by atoms with E-state index >= 15 is 0 Å². The third-order valence-electron chi connectivity index (χ3n) is 4.65. The molecule has 1 aromatic rings. The van der Waals surface area contributed by atoms with Gasteiger partial charge in [-0.05, 0) is 32.4 Å². The number of carboxylic acids is 1. The summed E-state index contributed by atoms with van der Waals surface area (Å²) in [5.41, 5.74) is 3.13. The fraction of sp³-hybridized carbons (Fsp3) is 0.632. The molecule has 2 heterocycles. The molecule has 1 fully saturated rings. The second-order valence-electron chi connectivity index (χ2n) is 6.97. The third-order valence-corrected chi connectivity index (χ3v) is 4.65. The van der Waals surface area contributed by atoms with E-state index < -0.39 is 5.97 Å². The normalized spacial score (nSPS) is 15.7. The number of aliphatic carboxylic acids is 1. The van der Waals surface area contributed by atoms with Gasteiger partial charge in [-0.3, -0.25) is 9.78 Å². The molecule has 7 nitrogen and oxygen atoms in total. The van der Waals surface area contributed by atoms with Crippen LogP contribution in [-0.2, 0) is 4.79 Å². The zero-order chi connectivity index (χ0) is 19.1. The standard InChI is InChI=1S/C19H30N4O3/c1-4-5-6-16(13-18(24)25)21-19(26)23-9-7-22(8-10-23)17-11-14(2)20-15(3)12-17/h11-12,16H,4-10,13H2,1-3H3,(H,21,26)(H,24,25)/t16-/m1/s1. The van der Waals surface area contributed by atoms with Crippen molar-refractivity contribution in [1.82, 2.24) is 15.2 Å². The van der Waals surface area contributed by atoms with Gasteiger partial charge in [0.2, 0.25) is 0 Å². The number of carbonyl (C=O) groups is 2. The molecular formula is C19H30N4O3. The Labute approximate surface area is 155 Å². The van der Waals surface area contributed by atoms with E-state index in [4.69, 9.17) is 5.11 Å². The summed E-state index contributed by atoms with van der Waals surface area (Å²) >= 11 is 0. The summed E-state index contributed by atoms with van der Waals surface area (Å²) in [7, 11) is 0. The molecule has 0 unspecified atom stereocenters. The number of pyridine rings is 1. The zero-order valence-corrected chi connectivity index (χ0v) is 16.0. The highest BCUT2D eigenvalue weighted by Gasteiger charge is 2.24. The molecule has 0 spiro atoms. The van der Waals surface area contributed by atoms with E-state index in [1.54, 1.807) is 4.90 Å². The van der Waals surface area contributed by atoms with Gasteiger partial charge in [-0.1, -0.05) is 19.8 Å². The summed E-state index contributed by atoms with van der Waals surface area (Å²) in [6.07, 6.45) is 2.56. The van der Waals surface area contributed by atoms with E-state index in [-0.39, 0.29) is 18.5 Å². The number of urea groups is 1. The van der Waals surface area contributed by atoms with Gasteiger partial charge in [-0.15, -0.1) is 0 Å². The van der Waals surface area contributed by atoms with Gasteiger partial charge < -0.3 is 20.2 Å². The molecule has 0 bridgehead atoms. The van der Waals surface area contributed by atoms with Crippen molar-refractivity contribution < 1.29 is 14.7 Å². The lowest BCUT2D eigenvalue weighted by atomic mass is 10.1. The number of aryl methyl sites for hydroxylation is 2. The SMILES string of the molecule is CCCC[C@H](CC(=O)O)NC(=O)N1CCN(c2cc(C)nc(C)c2)CC1. The maximum atomic E-state index is 12.5. The van der Waals surface area contributed by atoms with Gasteiger partial charge in [-0.25, -0.2) is 4.79 Å². The number of hydrogen-bond acceptors (Lipinski definition) is 4. The van der Waals surface area contributed by atoms with E-state index in [2.05, 4.69) is 34.3 Å². The lowest BCUT2D eigenvalue weighted by molar-refractivity contribution is -0.137. The maximum absolute atomic E-state index is 12.5. The molecule has 1 saturated heterocycles. The molecule has 1 aromatic heterocycles. The molecule has 0 aliphatic carbocycles. The lowest BCUT2D eigenvalue weighted by Gasteiger charge is -2.37. The van der Waals surface area contributed by atoms with Crippen molar-refractivity contribution >= 4 is 17.7 Å². The fourth-order valence-electron chi connectivity index (χ4n) is 3.32. The van der Waals surface area contributed by atoms with Crippen LogP contribution in [0.4, 0.5) is 10.5 Å². The molecule has 0 radical (unpaired) electrons. The van der Waals surface area contributed by atoms with E-state index in [9.17, 15) is 9.59 Å². The minimum Gasteiger partial charge on any atom is -0.481 e. The Morgan fingerprint density at radius 2 is 1.81 bits per heavy atom. The number of rotatable bonds is 7. The topological polar surface area (TPSA) is 85.8 Å². The Kier molecular flexibility index (Phi) is 7.24. The summed E-state index contributed by atoms with van der Waals surface area (Å²) in [5.74, 6) is -0.875. The molecular weight excluding hydrogens is 332 g/mol. The fourth-order valence-corrected chi connectivity index (χ4v) is 3.32. The van der Waals surface area contributed by atoms with Crippen LogP contribution in [0, 0.1) is 13.8 Å². The van der Waals surface area contributed by atoms with Crippen LogP contribution in [0.25, 0.3) is 0 Å². The van der Waals surface area contributed by atoms with Crippen LogP contribution in [0.15, 0.2) is 12.1 Å². The Hall–Kier alpha value is -2.31. The molecule has 1 aliphatic heterocycles. The van der Waals surface area contributed by atoms with Crippen molar-refractivity contribution in [2.24, 2.45) is 0 Å². The van der Waals surface area contributed by atoms with Crippen LogP contribution in [-0.4, -0.2) is 59.2 Å². The first-order chi connectivity index (χ1) is 12.4. The van der Waals surface area contributed by atoms with Gasteiger partial charge in [0.25, 0.3) is 0 Å². The summed E-state index contributed by atoms with van der Waals surface area (Å²) in [5, 5.41) is 11.9. The summed E-state index contributed by atoms with van der Waals surface area (Å²) < 4.78 is 0. The minimum atomic E-state index is -0.875. The van der Waals surface area contributed by atoms with Crippen LogP contribution in [0.3, 0.4) is 0 Å². The first kappa shape index (κ1) is 20.0. The quantitative estimate of drug-likeness (QED) is 0.779. The average molecular weight is 362 g/mol. The van der Waals surface area contributed by atoms with E-state index in [1.165, 1.54) is 0 Å². The number of carboxylic acid groups (broad SMARTS) is 1. The molecule has 2 rings (SSSR count). The Morgan fingerprint density at radius 1 is 1.19 bits per heavy atom. The van der Waals surface area contributed by atoms with Crippen LogP contribution in [0.5, 0.6) is 0 Å². The van der Waals surface area contributed by atoms with Crippen LogP contribution < -0.4 is 10.2 Å². The van der Waals surface area contributed by atoms with Crippen molar-refractivity contribution in [3.63, 3.8) is 0 Å². The van der Waals surface area contributed by atoms with E-state index in [1.807, 2.05) is 13.8 Å². The van der Waals surface area contributed by atoms with Gasteiger partial charge in [0.05, 0.1) is 6.42 Å². The van der Waals surface area contributed by atoms with Gasteiger partial charge in [0.1, 0.15) is 0 Å². The second-order valence-corrected chi connectivity index (χ2v) is 6.97. The number of hydrogen-bond donors (Lipinski definition) is 2. The molecule has 0 aromatic carbocycles. The number of anilines is 1. The monoisotopic (exact) mass is 362 g/mol. The predicted molar refractivity (Wildman–Crippen MR) is 102 cm³/mol. The lowest BCUT2D eigenvalue weighted by Crippen LogP contribution is -2.53. The number of piperazine rings is 1. The molecule has 2 N–H and O–H groups in total. The molecule has 1 aliphatic rings. The van der Waals surface area contributed by atoms with Gasteiger partial charge in [0.15, 0.2) is 0 Å². The van der Waals surface area contributed by atoms with Gasteiger partial charge >= 0.3 is 12.0 Å². The summed E-state index contributed by atoms with van der Waals surface area (Å²) in [6, 6.07) is 3.67. The largest absolute Gasteiger partial charge is 0.481 e. The highest BCUT2D eigenvalue weighted by molar-refractivity contribution is 5.76. The number of nitrogens with one attached hydrogen (secondary N) is 1. The number of carbonyl (C=O) groups excluding carboxylic acids is 1. The Morgan fingerprint density at radius 3 is 2.35 bits per heavy atom. The predicted octanol–water partition coefficient (Wildman–Crippen LogP) is 2.56. The van der Waals surface area contributed by atoms with E-state index in [0.29, 0.717) is 19.5 Å². The smallest absolute Gasteiger partial charge is 0.317 e. The van der Waals surface area contributed by atoms with Crippen LogP contribution in [0.1, 0.15) is 44.0 Å². The number of amides is 2. The molecule has 144 valence electrons. The van der Waals surface area contributed by atoms with Crippen molar-refractivity contribution in [3.05, 3.63) is 23.5 Å². The number of unbranched alkanes of at least 4 members (excludes halogenated alkanes) is 1. The Balaban J connectivity index is 1.89. The minimum absolute atomic E-state index is 0.0265. The van der Waals surface area contributed by atoms with Crippen molar-refractivity contribution in [2.75, 3.05) is 31.1 Å². The Bertz CT molecular complexity index is 607. The number of aromatic nitrogens is 1. The van der Waals surface area contributed by atoms with Crippen molar-refractivity contribution in [1.29, 1.82) is 0 Å². The van der Waals surface area contributed by atoms with Crippen LogP contribution >= 0.6 is 0 Å².